The van der Waals surface area contributed by atoms with Crippen molar-refractivity contribution in [1.29, 1.82) is 0 Å². The zero-order valence-corrected chi connectivity index (χ0v) is 8.29. The molecular weight excluding hydrogens is 190 g/mol. The predicted molar refractivity (Wildman–Crippen MR) is 60.8 cm³/mol. The number of carbonyl (C=O) groups excluding carboxylic acids is 1. The molecular formula is C11H13N3O. The largest absolute Gasteiger partial charge is 0.376 e. The van der Waals surface area contributed by atoms with E-state index in [4.69, 9.17) is 5.73 Å². The second-order valence-corrected chi connectivity index (χ2v) is 3.34. The van der Waals surface area contributed by atoms with Crippen molar-refractivity contribution in [3.63, 3.8) is 0 Å². The molecule has 4 heteroatoms. The first-order valence-corrected chi connectivity index (χ1v) is 4.83. The number of fused-ring (bicyclic) bond motifs is 1. The highest BCUT2D eigenvalue weighted by Crippen LogP contribution is 2.20. The number of hydrogen-bond acceptors (Lipinski definition) is 3. The number of ketones is 1. The molecule has 0 aliphatic rings. The average molecular weight is 203 g/mol. The van der Waals surface area contributed by atoms with Crippen molar-refractivity contribution in [2.24, 2.45) is 5.73 Å². The Bertz CT molecular complexity index is 475. The fraction of sp³-hybridized carbons (Fsp3) is 0.182. The van der Waals surface area contributed by atoms with Crippen LogP contribution in [0.15, 0.2) is 30.5 Å². The summed E-state index contributed by atoms with van der Waals surface area (Å²) in [6.45, 7) is 0.350. The van der Waals surface area contributed by atoms with Gasteiger partial charge in [0.05, 0.1) is 24.3 Å². The lowest BCUT2D eigenvalue weighted by atomic mass is 10.2. The van der Waals surface area contributed by atoms with Crippen LogP contribution in [0, 0.1) is 0 Å². The van der Waals surface area contributed by atoms with Crippen molar-refractivity contribution in [3.8, 4) is 0 Å². The molecule has 4 nitrogen and oxygen atoms in total. The van der Waals surface area contributed by atoms with E-state index >= 15 is 0 Å². The summed E-state index contributed by atoms with van der Waals surface area (Å²) in [6.07, 6.45) is 1.88. The topological polar surface area (TPSA) is 70.9 Å². The Morgan fingerprint density at radius 2 is 2.27 bits per heavy atom. The first-order chi connectivity index (χ1) is 7.31. The number of nitrogens with one attached hydrogen (secondary N) is 2. The number of aromatic amines is 1. The number of para-hydroxylation sites is 1. The van der Waals surface area contributed by atoms with Gasteiger partial charge in [0.25, 0.3) is 0 Å². The minimum atomic E-state index is -0.00133. The van der Waals surface area contributed by atoms with Gasteiger partial charge in [-0.3, -0.25) is 4.79 Å². The van der Waals surface area contributed by atoms with Crippen LogP contribution in [0.1, 0.15) is 0 Å². The second kappa shape index (κ2) is 4.14. The molecule has 0 bridgehead atoms. The first-order valence-electron chi connectivity index (χ1n) is 4.83. The van der Waals surface area contributed by atoms with Gasteiger partial charge in [-0.1, -0.05) is 12.1 Å². The lowest BCUT2D eigenvalue weighted by Crippen LogP contribution is -2.22. The number of H-pyrrole nitrogens is 1. The SMILES string of the molecule is NCC(=O)CNc1cccc2cc[nH]c12. The summed E-state index contributed by atoms with van der Waals surface area (Å²) in [4.78, 5) is 14.2. The summed E-state index contributed by atoms with van der Waals surface area (Å²) < 4.78 is 0. The van der Waals surface area contributed by atoms with Gasteiger partial charge >= 0.3 is 0 Å². The summed E-state index contributed by atoms with van der Waals surface area (Å²) in [5.74, 6) is -0.00133. The van der Waals surface area contributed by atoms with Gasteiger partial charge in [-0.25, -0.2) is 0 Å². The smallest absolute Gasteiger partial charge is 0.165 e. The number of benzene rings is 1. The standard InChI is InChI=1S/C11H13N3O/c12-6-9(15)7-14-10-3-1-2-8-4-5-13-11(8)10/h1-5,13-14H,6-7,12H2. The molecule has 0 aliphatic heterocycles. The number of Topliss-reactive ketones (excluding diaryl/α,β-unsaturated/α-hetero) is 1. The van der Waals surface area contributed by atoms with Gasteiger partial charge in [0.1, 0.15) is 0 Å². The Morgan fingerprint density at radius 1 is 1.40 bits per heavy atom. The van der Waals surface area contributed by atoms with Crippen LogP contribution in [-0.2, 0) is 4.79 Å². The molecule has 0 saturated heterocycles. The first kappa shape index (κ1) is 9.73. The second-order valence-electron chi connectivity index (χ2n) is 3.34. The van der Waals surface area contributed by atoms with Crippen molar-refractivity contribution >= 4 is 22.4 Å². The third kappa shape index (κ3) is 1.99. The molecule has 0 spiro atoms. The van der Waals surface area contributed by atoms with Crippen LogP contribution < -0.4 is 11.1 Å². The van der Waals surface area contributed by atoms with Gasteiger partial charge in [0, 0.05) is 11.6 Å². The maximum absolute atomic E-state index is 11.1. The van der Waals surface area contributed by atoms with E-state index in [0.717, 1.165) is 16.6 Å². The molecule has 2 rings (SSSR count). The summed E-state index contributed by atoms with van der Waals surface area (Å²) in [7, 11) is 0. The summed E-state index contributed by atoms with van der Waals surface area (Å²) in [5, 5.41) is 4.19. The van der Waals surface area contributed by atoms with E-state index < -0.39 is 0 Å². The molecule has 0 unspecified atom stereocenters. The molecule has 2 aromatic rings. The van der Waals surface area contributed by atoms with Crippen LogP contribution >= 0.6 is 0 Å². The Kier molecular flexibility index (Phi) is 2.69. The molecule has 1 aromatic heterocycles. The highest BCUT2D eigenvalue weighted by atomic mass is 16.1. The normalized spacial score (nSPS) is 10.5. The van der Waals surface area contributed by atoms with Crippen LogP contribution in [-0.4, -0.2) is 23.9 Å². The van der Waals surface area contributed by atoms with E-state index in [1.807, 2.05) is 30.5 Å². The Balaban J connectivity index is 2.20. The number of carbonyl (C=O) groups is 1. The molecule has 0 amide bonds. The maximum atomic E-state index is 11.1. The lowest BCUT2D eigenvalue weighted by Gasteiger charge is -2.05. The predicted octanol–water partition coefficient (Wildman–Crippen LogP) is 1.11. The summed E-state index contributed by atoms with van der Waals surface area (Å²) in [5.41, 5.74) is 7.18. The molecule has 0 fully saturated rings. The van der Waals surface area contributed by atoms with Gasteiger partial charge in [-0.2, -0.15) is 0 Å². The maximum Gasteiger partial charge on any atom is 0.165 e. The Labute approximate surface area is 87.5 Å². The number of hydrogen-bond donors (Lipinski definition) is 3. The van der Waals surface area contributed by atoms with Crippen LogP contribution in [0.25, 0.3) is 10.9 Å². The van der Waals surface area contributed by atoms with Crippen molar-refractivity contribution in [2.75, 3.05) is 18.4 Å². The van der Waals surface area contributed by atoms with Crippen molar-refractivity contribution in [1.82, 2.24) is 4.98 Å². The van der Waals surface area contributed by atoms with Gasteiger partial charge in [0.2, 0.25) is 0 Å². The molecule has 0 radical (unpaired) electrons. The molecule has 1 aromatic carbocycles. The van der Waals surface area contributed by atoms with Crippen molar-refractivity contribution in [3.05, 3.63) is 30.5 Å². The number of anilines is 1. The highest BCUT2D eigenvalue weighted by molar-refractivity contribution is 5.93. The minimum Gasteiger partial charge on any atom is -0.376 e. The molecule has 1 heterocycles. The van der Waals surface area contributed by atoms with Crippen LogP contribution in [0.5, 0.6) is 0 Å². The van der Waals surface area contributed by atoms with Crippen molar-refractivity contribution < 1.29 is 4.79 Å². The fourth-order valence-corrected chi connectivity index (χ4v) is 1.50. The Morgan fingerprint density at radius 3 is 3.07 bits per heavy atom. The molecule has 0 aliphatic carbocycles. The zero-order valence-electron chi connectivity index (χ0n) is 8.29. The monoisotopic (exact) mass is 203 g/mol. The summed E-state index contributed by atoms with van der Waals surface area (Å²) >= 11 is 0. The fourth-order valence-electron chi connectivity index (χ4n) is 1.50. The third-order valence-corrected chi connectivity index (χ3v) is 2.29. The number of rotatable bonds is 4. The lowest BCUT2D eigenvalue weighted by molar-refractivity contribution is -0.116. The van der Waals surface area contributed by atoms with E-state index in [2.05, 4.69) is 10.3 Å². The van der Waals surface area contributed by atoms with Crippen LogP contribution in [0.3, 0.4) is 0 Å². The average Bonchev–Trinajstić information content (AvgIpc) is 2.74. The number of nitrogens with two attached hydrogens (primary N) is 1. The minimum absolute atomic E-state index is 0.00133. The third-order valence-electron chi connectivity index (χ3n) is 2.29. The van der Waals surface area contributed by atoms with E-state index in [-0.39, 0.29) is 18.9 Å². The van der Waals surface area contributed by atoms with Crippen LogP contribution in [0.4, 0.5) is 5.69 Å². The van der Waals surface area contributed by atoms with Gasteiger partial charge in [0.15, 0.2) is 5.78 Å². The quantitative estimate of drug-likeness (QED) is 0.697. The molecule has 0 atom stereocenters. The number of aromatic nitrogens is 1. The molecule has 4 N–H and O–H groups in total. The molecule has 0 saturated carbocycles. The Hall–Kier alpha value is -1.81. The zero-order chi connectivity index (χ0) is 10.7. The molecule has 78 valence electrons. The molecule has 15 heavy (non-hydrogen) atoms. The van der Waals surface area contributed by atoms with Crippen LogP contribution in [0.2, 0.25) is 0 Å². The summed E-state index contributed by atoms with van der Waals surface area (Å²) in [6, 6.07) is 7.89. The van der Waals surface area contributed by atoms with E-state index in [9.17, 15) is 4.79 Å². The van der Waals surface area contributed by atoms with E-state index in [1.54, 1.807) is 0 Å². The van der Waals surface area contributed by atoms with Crippen molar-refractivity contribution in [2.45, 2.75) is 0 Å². The van der Waals surface area contributed by atoms with E-state index in [1.165, 1.54) is 0 Å². The highest BCUT2D eigenvalue weighted by Gasteiger charge is 2.02. The van der Waals surface area contributed by atoms with E-state index in [0.29, 0.717) is 0 Å². The van der Waals surface area contributed by atoms with Gasteiger partial charge in [-0.15, -0.1) is 0 Å². The van der Waals surface area contributed by atoms with Gasteiger partial charge < -0.3 is 16.0 Å². The van der Waals surface area contributed by atoms with Gasteiger partial charge in [-0.05, 0) is 12.1 Å².